The maximum Gasteiger partial charge on any atom is 0.252 e. The number of nitrogens with one attached hydrogen (secondary N) is 1. The maximum absolute atomic E-state index is 12.5. The molecule has 0 atom stereocenters. The molecular formula is C18H22N2O4S2. The van der Waals surface area contributed by atoms with E-state index in [0.29, 0.717) is 36.7 Å². The average Bonchev–Trinajstić information content (AvgIpc) is 3.22. The van der Waals surface area contributed by atoms with Crippen LogP contribution < -0.4 is 10.1 Å². The van der Waals surface area contributed by atoms with Crippen LogP contribution in [0.4, 0.5) is 0 Å². The molecule has 1 fully saturated rings. The lowest BCUT2D eigenvalue weighted by atomic mass is 9.97. The molecule has 1 aliphatic rings. The number of carbonyl (C=O) groups is 1. The summed E-state index contributed by atoms with van der Waals surface area (Å²) in [5.74, 6) is 0.608. The summed E-state index contributed by atoms with van der Waals surface area (Å²) in [7, 11) is -1.81. The Kier molecular flexibility index (Phi) is 5.95. The first kappa shape index (κ1) is 18.9. The summed E-state index contributed by atoms with van der Waals surface area (Å²) in [6.07, 6.45) is 1.08. The number of sulfonamides is 1. The van der Waals surface area contributed by atoms with E-state index in [2.05, 4.69) is 5.32 Å². The number of benzene rings is 1. The molecule has 0 spiro atoms. The standard InChI is InChI=1S/C18H22N2O4S2/c1-24-16-6-4-14(5-7-16)13-19-18(21)15-8-10-20(11-9-15)26(22,23)17-3-2-12-25-17/h2-7,12,15H,8-11,13H2,1H3,(H,19,21). The van der Waals surface area contributed by atoms with Gasteiger partial charge in [0, 0.05) is 25.6 Å². The van der Waals surface area contributed by atoms with Gasteiger partial charge in [0.2, 0.25) is 5.91 Å². The topological polar surface area (TPSA) is 75.7 Å². The van der Waals surface area contributed by atoms with Crippen molar-refractivity contribution >= 4 is 27.3 Å². The molecule has 26 heavy (non-hydrogen) atoms. The number of ether oxygens (including phenoxy) is 1. The minimum atomic E-state index is -3.42. The molecule has 0 radical (unpaired) electrons. The highest BCUT2D eigenvalue weighted by atomic mass is 32.2. The smallest absolute Gasteiger partial charge is 0.252 e. The second-order valence-corrected chi connectivity index (χ2v) is 9.29. The van der Waals surface area contributed by atoms with Gasteiger partial charge in [-0.2, -0.15) is 4.31 Å². The average molecular weight is 395 g/mol. The number of methoxy groups -OCH3 is 1. The Hall–Kier alpha value is -1.90. The summed E-state index contributed by atoms with van der Waals surface area (Å²) in [4.78, 5) is 12.4. The van der Waals surface area contributed by atoms with Crippen molar-refractivity contribution in [2.45, 2.75) is 23.6 Å². The van der Waals surface area contributed by atoms with Crippen LogP contribution in [0.25, 0.3) is 0 Å². The Morgan fingerprint density at radius 1 is 1.23 bits per heavy atom. The molecule has 0 unspecified atom stereocenters. The summed E-state index contributed by atoms with van der Waals surface area (Å²) in [5.41, 5.74) is 0.997. The van der Waals surface area contributed by atoms with Gasteiger partial charge in [0.1, 0.15) is 9.96 Å². The molecule has 1 aliphatic heterocycles. The first-order valence-electron chi connectivity index (χ1n) is 8.45. The number of hydrogen-bond donors (Lipinski definition) is 1. The summed E-state index contributed by atoms with van der Waals surface area (Å²) in [5, 5.41) is 4.70. The Labute approximate surface area is 157 Å². The van der Waals surface area contributed by atoms with Gasteiger partial charge in [-0.05, 0) is 42.0 Å². The number of rotatable bonds is 6. The molecule has 2 heterocycles. The summed E-state index contributed by atoms with van der Waals surface area (Å²) >= 11 is 1.22. The van der Waals surface area contributed by atoms with Crippen LogP contribution in [0.1, 0.15) is 18.4 Å². The zero-order valence-corrected chi connectivity index (χ0v) is 16.2. The van der Waals surface area contributed by atoms with Crippen molar-refractivity contribution < 1.29 is 17.9 Å². The molecule has 8 heteroatoms. The van der Waals surface area contributed by atoms with Crippen LogP contribution in [0.2, 0.25) is 0 Å². The molecule has 0 aliphatic carbocycles. The molecule has 140 valence electrons. The molecule has 1 aromatic carbocycles. The first-order valence-corrected chi connectivity index (χ1v) is 10.8. The fraction of sp³-hybridized carbons (Fsp3) is 0.389. The summed E-state index contributed by atoms with van der Waals surface area (Å²) in [6.45, 7) is 1.21. The Bertz CT molecular complexity index is 825. The first-order chi connectivity index (χ1) is 12.5. The van der Waals surface area contributed by atoms with E-state index in [-0.39, 0.29) is 11.8 Å². The molecular weight excluding hydrogens is 372 g/mol. The molecule has 1 aromatic heterocycles. The fourth-order valence-electron chi connectivity index (χ4n) is 2.97. The zero-order valence-electron chi connectivity index (χ0n) is 14.6. The lowest BCUT2D eigenvalue weighted by Crippen LogP contribution is -2.42. The van der Waals surface area contributed by atoms with E-state index < -0.39 is 10.0 Å². The van der Waals surface area contributed by atoms with Crippen molar-refractivity contribution in [2.24, 2.45) is 5.92 Å². The number of nitrogens with zero attached hydrogens (tertiary/aromatic N) is 1. The number of carbonyl (C=O) groups excluding carboxylic acids is 1. The van der Waals surface area contributed by atoms with Gasteiger partial charge in [0.25, 0.3) is 10.0 Å². The van der Waals surface area contributed by atoms with Gasteiger partial charge in [-0.25, -0.2) is 8.42 Å². The fourth-order valence-corrected chi connectivity index (χ4v) is 5.59. The van der Waals surface area contributed by atoms with Crippen molar-refractivity contribution in [3.05, 3.63) is 47.3 Å². The Morgan fingerprint density at radius 3 is 2.50 bits per heavy atom. The normalized spacial score (nSPS) is 16.3. The minimum absolute atomic E-state index is 0.0195. The molecule has 0 bridgehead atoms. The molecule has 6 nitrogen and oxygen atoms in total. The van der Waals surface area contributed by atoms with Crippen LogP contribution in [-0.4, -0.2) is 38.8 Å². The third kappa shape index (κ3) is 4.25. The van der Waals surface area contributed by atoms with Crippen LogP contribution in [0.3, 0.4) is 0 Å². The van der Waals surface area contributed by atoms with E-state index in [1.165, 1.54) is 15.6 Å². The van der Waals surface area contributed by atoms with Crippen LogP contribution in [-0.2, 0) is 21.4 Å². The van der Waals surface area contributed by atoms with Crippen molar-refractivity contribution in [2.75, 3.05) is 20.2 Å². The molecule has 2 aromatic rings. The SMILES string of the molecule is COc1ccc(CNC(=O)C2CCN(S(=O)(=O)c3cccs3)CC2)cc1. The second-order valence-electron chi connectivity index (χ2n) is 6.18. The Balaban J connectivity index is 1.50. The predicted octanol–water partition coefficient (Wildman–Crippen LogP) is 2.47. The van der Waals surface area contributed by atoms with E-state index in [9.17, 15) is 13.2 Å². The number of amides is 1. The highest BCUT2D eigenvalue weighted by Crippen LogP contribution is 2.26. The van der Waals surface area contributed by atoms with Gasteiger partial charge in [0.05, 0.1) is 7.11 Å². The number of hydrogen-bond acceptors (Lipinski definition) is 5. The van der Waals surface area contributed by atoms with Crippen LogP contribution in [0, 0.1) is 5.92 Å². The van der Waals surface area contributed by atoms with Crippen molar-refractivity contribution in [1.82, 2.24) is 9.62 Å². The van der Waals surface area contributed by atoms with Gasteiger partial charge >= 0.3 is 0 Å². The lowest BCUT2D eigenvalue weighted by Gasteiger charge is -2.30. The molecule has 1 N–H and O–H groups in total. The Morgan fingerprint density at radius 2 is 1.92 bits per heavy atom. The van der Waals surface area contributed by atoms with E-state index in [1.54, 1.807) is 24.6 Å². The lowest BCUT2D eigenvalue weighted by molar-refractivity contribution is -0.126. The van der Waals surface area contributed by atoms with Crippen molar-refractivity contribution in [1.29, 1.82) is 0 Å². The number of piperidine rings is 1. The monoisotopic (exact) mass is 394 g/mol. The quantitative estimate of drug-likeness (QED) is 0.817. The second kappa shape index (κ2) is 8.20. The largest absolute Gasteiger partial charge is 0.497 e. The van der Waals surface area contributed by atoms with E-state index in [1.807, 2.05) is 24.3 Å². The van der Waals surface area contributed by atoms with Gasteiger partial charge in [0.15, 0.2) is 0 Å². The van der Waals surface area contributed by atoms with Gasteiger partial charge in [-0.3, -0.25) is 4.79 Å². The molecule has 0 saturated carbocycles. The van der Waals surface area contributed by atoms with Crippen molar-refractivity contribution in [3.8, 4) is 5.75 Å². The minimum Gasteiger partial charge on any atom is -0.497 e. The summed E-state index contributed by atoms with van der Waals surface area (Å²) < 4.78 is 32.0. The predicted molar refractivity (Wildman–Crippen MR) is 101 cm³/mol. The molecule has 1 amide bonds. The van der Waals surface area contributed by atoms with Crippen molar-refractivity contribution in [3.63, 3.8) is 0 Å². The number of thiophene rings is 1. The van der Waals surface area contributed by atoms with E-state index >= 15 is 0 Å². The highest BCUT2D eigenvalue weighted by molar-refractivity contribution is 7.91. The van der Waals surface area contributed by atoms with E-state index in [0.717, 1.165) is 11.3 Å². The van der Waals surface area contributed by atoms with Crippen LogP contribution in [0.5, 0.6) is 5.75 Å². The third-order valence-corrected chi connectivity index (χ3v) is 7.81. The zero-order chi connectivity index (χ0) is 18.6. The third-order valence-electron chi connectivity index (χ3n) is 4.54. The highest BCUT2D eigenvalue weighted by Gasteiger charge is 2.32. The molecule has 3 rings (SSSR count). The van der Waals surface area contributed by atoms with E-state index in [4.69, 9.17) is 4.74 Å². The van der Waals surface area contributed by atoms with Gasteiger partial charge in [-0.15, -0.1) is 11.3 Å². The van der Waals surface area contributed by atoms with Gasteiger partial charge in [-0.1, -0.05) is 18.2 Å². The van der Waals surface area contributed by atoms with Gasteiger partial charge < -0.3 is 10.1 Å². The van der Waals surface area contributed by atoms with Crippen LogP contribution in [0.15, 0.2) is 46.0 Å². The maximum atomic E-state index is 12.5. The summed E-state index contributed by atoms with van der Waals surface area (Å²) in [6, 6.07) is 10.9. The van der Waals surface area contributed by atoms with Crippen LogP contribution >= 0.6 is 11.3 Å². The molecule has 1 saturated heterocycles.